The first kappa shape index (κ1) is 9.44. The highest BCUT2D eigenvalue weighted by Gasteiger charge is 2.32. The lowest BCUT2D eigenvalue weighted by Gasteiger charge is -2.18. The monoisotopic (exact) mass is 184 g/mol. The van der Waals surface area contributed by atoms with Crippen LogP contribution < -0.4 is 10.6 Å². The molecule has 0 aromatic carbocycles. The molecule has 2 N–H and O–H groups in total. The van der Waals surface area contributed by atoms with Gasteiger partial charge in [-0.15, -0.1) is 0 Å². The molecule has 2 aliphatic heterocycles. The zero-order valence-corrected chi connectivity index (χ0v) is 8.60. The van der Waals surface area contributed by atoms with Gasteiger partial charge in [0.1, 0.15) is 6.23 Å². The van der Waals surface area contributed by atoms with E-state index in [0.29, 0.717) is 6.23 Å². The molecule has 13 heavy (non-hydrogen) atoms. The molecule has 0 radical (unpaired) electrons. The highest BCUT2D eigenvalue weighted by molar-refractivity contribution is 4.86. The van der Waals surface area contributed by atoms with Crippen molar-refractivity contribution in [2.75, 3.05) is 19.7 Å². The molecule has 2 rings (SSSR count). The fourth-order valence-electron chi connectivity index (χ4n) is 2.17. The lowest BCUT2D eigenvalue weighted by atomic mass is 10.0. The van der Waals surface area contributed by atoms with Crippen LogP contribution in [0, 0.1) is 5.92 Å². The van der Waals surface area contributed by atoms with Gasteiger partial charge in [-0.2, -0.15) is 0 Å². The van der Waals surface area contributed by atoms with Gasteiger partial charge >= 0.3 is 0 Å². The molecule has 2 saturated heterocycles. The SMILES string of the molecule is CC1(C)COC(CC2CCNC2)N1. The molecule has 0 saturated carbocycles. The van der Waals surface area contributed by atoms with E-state index in [4.69, 9.17) is 4.74 Å². The van der Waals surface area contributed by atoms with Gasteiger partial charge in [-0.25, -0.2) is 0 Å². The Labute approximate surface area is 80.2 Å². The molecule has 0 aromatic heterocycles. The van der Waals surface area contributed by atoms with Crippen LogP contribution in [-0.4, -0.2) is 31.5 Å². The molecular formula is C10H20N2O. The average molecular weight is 184 g/mol. The minimum Gasteiger partial charge on any atom is -0.361 e. The van der Waals surface area contributed by atoms with Gasteiger partial charge in [0, 0.05) is 5.54 Å². The topological polar surface area (TPSA) is 33.3 Å². The van der Waals surface area contributed by atoms with E-state index in [1.54, 1.807) is 0 Å². The van der Waals surface area contributed by atoms with Gasteiger partial charge < -0.3 is 10.1 Å². The molecule has 2 unspecified atom stereocenters. The summed E-state index contributed by atoms with van der Waals surface area (Å²) in [6.45, 7) is 7.58. The molecule has 2 heterocycles. The zero-order valence-electron chi connectivity index (χ0n) is 8.60. The third-order valence-electron chi connectivity index (χ3n) is 2.91. The molecule has 2 atom stereocenters. The van der Waals surface area contributed by atoms with E-state index in [1.165, 1.54) is 19.5 Å². The predicted molar refractivity (Wildman–Crippen MR) is 52.5 cm³/mol. The third kappa shape index (κ3) is 2.42. The summed E-state index contributed by atoms with van der Waals surface area (Å²) >= 11 is 0. The maximum atomic E-state index is 5.69. The molecule has 0 bridgehead atoms. The lowest BCUT2D eigenvalue weighted by Crippen LogP contribution is -2.39. The number of ether oxygens (including phenoxy) is 1. The summed E-state index contributed by atoms with van der Waals surface area (Å²) in [6.07, 6.45) is 2.76. The van der Waals surface area contributed by atoms with Gasteiger partial charge in [-0.05, 0) is 45.7 Å². The summed E-state index contributed by atoms with van der Waals surface area (Å²) in [7, 11) is 0. The quantitative estimate of drug-likeness (QED) is 0.663. The first-order valence-electron chi connectivity index (χ1n) is 5.26. The Morgan fingerprint density at radius 1 is 1.46 bits per heavy atom. The second-order valence-corrected chi connectivity index (χ2v) is 4.92. The van der Waals surface area contributed by atoms with Crippen LogP contribution in [0.3, 0.4) is 0 Å². The van der Waals surface area contributed by atoms with E-state index < -0.39 is 0 Å². The molecule has 2 fully saturated rings. The fourth-order valence-corrected chi connectivity index (χ4v) is 2.17. The molecule has 3 nitrogen and oxygen atoms in total. The predicted octanol–water partition coefficient (Wildman–Crippen LogP) is 0.711. The lowest BCUT2D eigenvalue weighted by molar-refractivity contribution is 0.0799. The van der Waals surface area contributed by atoms with Crippen LogP contribution in [0.5, 0.6) is 0 Å². The van der Waals surface area contributed by atoms with Crippen LogP contribution in [0.4, 0.5) is 0 Å². The summed E-state index contributed by atoms with van der Waals surface area (Å²) < 4.78 is 5.69. The van der Waals surface area contributed by atoms with Gasteiger partial charge in [0.2, 0.25) is 0 Å². The molecule has 2 aliphatic rings. The minimum atomic E-state index is 0.177. The average Bonchev–Trinajstić information content (AvgIpc) is 2.61. The first-order valence-corrected chi connectivity index (χ1v) is 5.26. The maximum Gasteiger partial charge on any atom is 0.109 e. The van der Waals surface area contributed by atoms with Crippen LogP contribution in [-0.2, 0) is 4.74 Å². The van der Waals surface area contributed by atoms with E-state index in [0.717, 1.165) is 18.9 Å². The van der Waals surface area contributed by atoms with Crippen molar-refractivity contribution in [3.8, 4) is 0 Å². The third-order valence-corrected chi connectivity index (χ3v) is 2.91. The van der Waals surface area contributed by atoms with E-state index in [1.807, 2.05) is 0 Å². The van der Waals surface area contributed by atoms with Crippen LogP contribution in [0.15, 0.2) is 0 Å². The van der Waals surface area contributed by atoms with Crippen LogP contribution in [0.25, 0.3) is 0 Å². The Kier molecular flexibility index (Phi) is 2.58. The Hall–Kier alpha value is -0.120. The normalized spacial score (nSPS) is 38.3. The maximum absolute atomic E-state index is 5.69. The van der Waals surface area contributed by atoms with Crippen molar-refractivity contribution >= 4 is 0 Å². The summed E-state index contributed by atoms with van der Waals surface area (Å²) in [5, 5.41) is 6.89. The van der Waals surface area contributed by atoms with E-state index in [9.17, 15) is 0 Å². The highest BCUT2D eigenvalue weighted by Crippen LogP contribution is 2.21. The van der Waals surface area contributed by atoms with Crippen molar-refractivity contribution in [2.24, 2.45) is 5.92 Å². The van der Waals surface area contributed by atoms with Gasteiger partial charge in [0.15, 0.2) is 0 Å². The second kappa shape index (κ2) is 3.56. The summed E-state index contributed by atoms with van der Waals surface area (Å²) in [6, 6.07) is 0. The van der Waals surface area contributed by atoms with Gasteiger partial charge in [-0.3, -0.25) is 5.32 Å². The van der Waals surface area contributed by atoms with Gasteiger partial charge in [0.05, 0.1) is 6.61 Å². The first-order chi connectivity index (χ1) is 6.16. The number of hydrogen-bond acceptors (Lipinski definition) is 3. The Bertz CT molecular complexity index is 176. The molecule has 0 spiro atoms. The largest absolute Gasteiger partial charge is 0.361 e. The molecule has 3 heteroatoms. The molecule has 76 valence electrons. The van der Waals surface area contributed by atoms with Gasteiger partial charge in [0.25, 0.3) is 0 Å². The zero-order chi connectivity index (χ0) is 9.31. The number of rotatable bonds is 2. The number of nitrogens with one attached hydrogen (secondary N) is 2. The smallest absolute Gasteiger partial charge is 0.109 e. The van der Waals surface area contributed by atoms with Crippen molar-refractivity contribution in [2.45, 2.75) is 38.5 Å². The van der Waals surface area contributed by atoms with E-state index >= 15 is 0 Å². The van der Waals surface area contributed by atoms with Crippen LogP contribution in [0.1, 0.15) is 26.7 Å². The van der Waals surface area contributed by atoms with E-state index in [2.05, 4.69) is 24.5 Å². The Morgan fingerprint density at radius 3 is 2.85 bits per heavy atom. The van der Waals surface area contributed by atoms with Crippen LogP contribution >= 0.6 is 0 Å². The van der Waals surface area contributed by atoms with E-state index in [-0.39, 0.29) is 5.54 Å². The standard InChI is InChI=1S/C10H20N2O/c1-10(2)7-13-9(12-10)5-8-3-4-11-6-8/h8-9,11-12H,3-7H2,1-2H3. The van der Waals surface area contributed by atoms with Crippen LogP contribution in [0.2, 0.25) is 0 Å². The van der Waals surface area contributed by atoms with Gasteiger partial charge in [-0.1, -0.05) is 0 Å². The summed E-state index contributed by atoms with van der Waals surface area (Å²) in [5.74, 6) is 0.811. The number of hydrogen-bond donors (Lipinski definition) is 2. The molecule has 0 aromatic rings. The van der Waals surface area contributed by atoms with Crippen molar-refractivity contribution in [3.05, 3.63) is 0 Å². The Morgan fingerprint density at radius 2 is 2.31 bits per heavy atom. The molecular weight excluding hydrogens is 164 g/mol. The minimum absolute atomic E-state index is 0.177. The second-order valence-electron chi connectivity index (χ2n) is 4.92. The summed E-state index contributed by atoms with van der Waals surface area (Å²) in [5.41, 5.74) is 0.177. The molecule has 0 aliphatic carbocycles. The highest BCUT2D eigenvalue weighted by atomic mass is 16.5. The van der Waals surface area contributed by atoms with Crippen molar-refractivity contribution in [3.63, 3.8) is 0 Å². The van der Waals surface area contributed by atoms with Crippen molar-refractivity contribution in [1.29, 1.82) is 0 Å². The van der Waals surface area contributed by atoms with Crippen molar-refractivity contribution in [1.82, 2.24) is 10.6 Å². The fraction of sp³-hybridized carbons (Fsp3) is 1.00. The van der Waals surface area contributed by atoms with Crippen molar-refractivity contribution < 1.29 is 4.74 Å². The summed E-state index contributed by atoms with van der Waals surface area (Å²) in [4.78, 5) is 0. The molecule has 0 amide bonds. The Balaban J connectivity index is 1.77.